The van der Waals surface area contributed by atoms with Gasteiger partial charge in [0, 0.05) is 6.20 Å². The van der Waals surface area contributed by atoms with Crippen molar-refractivity contribution < 1.29 is 31.4 Å². The highest BCUT2D eigenvalue weighted by Gasteiger charge is 2.38. The van der Waals surface area contributed by atoms with Gasteiger partial charge in [-0.2, -0.15) is 26.3 Å². The Kier molecular flexibility index (Phi) is 3.13. The quantitative estimate of drug-likeness (QED) is 0.771. The normalized spacial score (nSPS) is 12.9. The molecule has 8 heteroatoms. The molecule has 0 fully saturated rings. The molecule has 1 heterocycles. The van der Waals surface area contributed by atoms with Crippen molar-refractivity contribution in [3.05, 3.63) is 29.1 Å². The summed E-state index contributed by atoms with van der Waals surface area (Å²) in [6.07, 6.45) is -9.63. The molecule has 16 heavy (non-hydrogen) atoms. The minimum atomic E-state index is -4.98. The second kappa shape index (κ2) is 3.93. The lowest BCUT2D eigenvalue weighted by molar-refractivity contribution is -0.144. The van der Waals surface area contributed by atoms with E-state index >= 15 is 0 Å². The molecule has 2 nitrogen and oxygen atoms in total. The number of halogens is 6. The summed E-state index contributed by atoms with van der Waals surface area (Å²) < 4.78 is 73.2. The van der Waals surface area contributed by atoms with Gasteiger partial charge in [0.05, 0.1) is 23.4 Å². The second-order valence-corrected chi connectivity index (χ2v) is 2.87. The van der Waals surface area contributed by atoms with Gasteiger partial charge in [-0.1, -0.05) is 0 Å². The van der Waals surface area contributed by atoms with Crippen molar-refractivity contribution >= 4 is 0 Å². The lowest BCUT2D eigenvalue weighted by atomic mass is 10.1. The van der Waals surface area contributed by atoms with Crippen LogP contribution in [0.25, 0.3) is 0 Å². The first-order valence-electron chi connectivity index (χ1n) is 3.90. The fraction of sp³-hybridized carbons (Fsp3) is 0.375. The van der Waals surface area contributed by atoms with E-state index in [1.165, 1.54) is 0 Å². The fourth-order valence-electron chi connectivity index (χ4n) is 1.02. The molecule has 1 rings (SSSR count). The molecule has 0 aromatic carbocycles. The number of aliphatic hydroxyl groups is 1. The number of nitrogens with zero attached hydrogens (tertiary/aromatic N) is 1. The van der Waals surface area contributed by atoms with Crippen molar-refractivity contribution in [1.82, 2.24) is 4.98 Å². The first-order valence-corrected chi connectivity index (χ1v) is 3.90. The summed E-state index contributed by atoms with van der Waals surface area (Å²) in [7, 11) is 0. The smallest absolute Gasteiger partial charge is 0.390 e. The first-order chi connectivity index (χ1) is 7.16. The number of hydrogen-bond donors (Lipinski definition) is 1. The Balaban J connectivity index is 3.34. The maximum Gasteiger partial charge on any atom is 0.418 e. The molecule has 1 N–H and O–H groups in total. The number of alkyl halides is 6. The van der Waals surface area contributed by atoms with E-state index in [0.717, 1.165) is 0 Å². The van der Waals surface area contributed by atoms with Crippen LogP contribution in [-0.2, 0) is 19.0 Å². The van der Waals surface area contributed by atoms with Crippen molar-refractivity contribution in [3.8, 4) is 0 Å². The van der Waals surface area contributed by atoms with Crippen molar-refractivity contribution in [3.63, 3.8) is 0 Å². The van der Waals surface area contributed by atoms with Crippen LogP contribution in [0, 0.1) is 0 Å². The number of pyridine rings is 1. The Hall–Kier alpha value is -1.31. The van der Waals surface area contributed by atoms with Gasteiger partial charge >= 0.3 is 12.4 Å². The summed E-state index contributed by atoms with van der Waals surface area (Å²) in [5.41, 5.74) is -3.91. The molecule has 1 aromatic heterocycles. The molecule has 1 aromatic rings. The molecule has 0 spiro atoms. The van der Waals surface area contributed by atoms with E-state index in [1.807, 2.05) is 0 Å². The van der Waals surface area contributed by atoms with Gasteiger partial charge in [0.1, 0.15) is 0 Å². The lowest BCUT2D eigenvalue weighted by Crippen LogP contribution is -2.15. The lowest BCUT2D eigenvalue weighted by Gasteiger charge is -2.13. The third-order valence-electron chi connectivity index (χ3n) is 1.75. The minimum absolute atomic E-state index is 0.0709. The molecule has 0 radical (unpaired) electrons. The molecule has 0 unspecified atom stereocenters. The van der Waals surface area contributed by atoms with E-state index in [0.29, 0.717) is 0 Å². The standard InChI is InChI=1S/C8H5F6NO/c9-7(10,11)4-1-5(8(12,13)14)6(3-16)15-2-4/h1-2,16H,3H2. The fourth-order valence-corrected chi connectivity index (χ4v) is 1.02. The Bertz CT molecular complexity index is 383. The SMILES string of the molecule is OCc1ncc(C(F)(F)F)cc1C(F)(F)F. The van der Waals surface area contributed by atoms with Crippen LogP contribution in [0.1, 0.15) is 16.8 Å². The van der Waals surface area contributed by atoms with E-state index < -0.39 is 35.8 Å². The van der Waals surface area contributed by atoms with Gasteiger partial charge in [0.15, 0.2) is 0 Å². The van der Waals surface area contributed by atoms with Crippen LogP contribution in [0.3, 0.4) is 0 Å². The molecule has 0 amide bonds. The van der Waals surface area contributed by atoms with E-state index in [-0.39, 0.29) is 12.3 Å². The Morgan fingerprint density at radius 2 is 1.62 bits per heavy atom. The van der Waals surface area contributed by atoms with Crippen molar-refractivity contribution in [2.75, 3.05) is 0 Å². The summed E-state index contributed by atoms with van der Waals surface area (Å²) in [5.74, 6) is 0. The highest BCUT2D eigenvalue weighted by Crippen LogP contribution is 2.36. The van der Waals surface area contributed by atoms with E-state index in [2.05, 4.69) is 4.98 Å². The van der Waals surface area contributed by atoms with Crippen LogP contribution in [0.15, 0.2) is 12.3 Å². The average molecular weight is 245 g/mol. The van der Waals surface area contributed by atoms with Gasteiger partial charge in [0.25, 0.3) is 0 Å². The summed E-state index contributed by atoms with van der Waals surface area (Å²) >= 11 is 0. The molecule has 0 atom stereocenters. The number of hydrogen-bond acceptors (Lipinski definition) is 2. The van der Waals surface area contributed by atoms with Crippen LogP contribution in [-0.4, -0.2) is 10.1 Å². The maximum absolute atomic E-state index is 12.3. The van der Waals surface area contributed by atoms with Gasteiger partial charge in [-0.3, -0.25) is 4.98 Å². The van der Waals surface area contributed by atoms with Gasteiger partial charge < -0.3 is 5.11 Å². The minimum Gasteiger partial charge on any atom is -0.390 e. The van der Waals surface area contributed by atoms with Crippen LogP contribution < -0.4 is 0 Å². The summed E-state index contributed by atoms with van der Waals surface area (Å²) in [5, 5.41) is 8.53. The van der Waals surface area contributed by atoms with Crippen LogP contribution in [0.2, 0.25) is 0 Å². The zero-order valence-corrected chi connectivity index (χ0v) is 7.52. The molecule has 0 saturated carbocycles. The predicted molar refractivity (Wildman–Crippen MR) is 40.2 cm³/mol. The molecular weight excluding hydrogens is 240 g/mol. The van der Waals surface area contributed by atoms with Gasteiger partial charge in [-0.25, -0.2) is 0 Å². The summed E-state index contributed by atoms with van der Waals surface area (Å²) in [6, 6.07) is -0.0709. The molecule has 0 aliphatic carbocycles. The highest BCUT2D eigenvalue weighted by atomic mass is 19.4. The summed E-state index contributed by atoms with van der Waals surface area (Å²) in [6.45, 7) is -1.08. The zero-order chi connectivity index (χ0) is 12.6. The molecule has 0 aliphatic rings. The third-order valence-corrected chi connectivity index (χ3v) is 1.75. The van der Waals surface area contributed by atoms with Crippen molar-refractivity contribution in [1.29, 1.82) is 0 Å². The Morgan fingerprint density at radius 1 is 1.06 bits per heavy atom. The topological polar surface area (TPSA) is 33.1 Å². The van der Waals surface area contributed by atoms with Crippen molar-refractivity contribution in [2.24, 2.45) is 0 Å². The largest absolute Gasteiger partial charge is 0.418 e. The number of aliphatic hydroxyl groups excluding tert-OH is 1. The maximum atomic E-state index is 12.3. The first kappa shape index (κ1) is 12.8. The van der Waals surface area contributed by atoms with Crippen molar-refractivity contribution in [2.45, 2.75) is 19.0 Å². The average Bonchev–Trinajstić information content (AvgIpc) is 2.14. The van der Waals surface area contributed by atoms with E-state index in [4.69, 9.17) is 5.11 Å². The molecule has 0 saturated heterocycles. The molecule has 0 aliphatic heterocycles. The highest BCUT2D eigenvalue weighted by molar-refractivity contribution is 5.29. The molecule has 90 valence electrons. The van der Waals surface area contributed by atoms with E-state index in [1.54, 1.807) is 0 Å². The third kappa shape index (κ3) is 2.63. The van der Waals surface area contributed by atoms with Crippen LogP contribution >= 0.6 is 0 Å². The van der Waals surface area contributed by atoms with Gasteiger partial charge in [-0.05, 0) is 6.07 Å². The molecular formula is C8H5F6NO. The van der Waals surface area contributed by atoms with Crippen LogP contribution in [0.4, 0.5) is 26.3 Å². The summed E-state index contributed by atoms with van der Waals surface area (Å²) in [4.78, 5) is 2.94. The van der Waals surface area contributed by atoms with Crippen LogP contribution in [0.5, 0.6) is 0 Å². The molecule has 0 bridgehead atoms. The monoisotopic (exact) mass is 245 g/mol. The number of rotatable bonds is 1. The second-order valence-electron chi connectivity index (χ2n) is 2.87. The Labute approximate surface area is 85.5 Å². The number of aromatic nitrogens is 1. The van der Waals surface area contributed by atoms with Gasteiger partial charge in [0.2, 0.25) is 0 Å². The zero-order valence-electron chi connectivity index (χ0n) is 7.52. The van der Waals surface area contributed by atoms with Gasteiger partial charge in [-0.15, -0.1) is 0 Å². The Morgan fingerprint density at radius 3 is 2.00 bits per heavy atom. The van der Waals surface area contributed by atoms with E-state index in [9.17, 15) is 26.3 Å². The predicted octanol–water partition coefficient (Wildman–Crippen LogP) is 2.61.